The fraction of sp³-hybridized carbons (Fsp3) is 0.409. The van der Waals surface area contributed by atoms with Gasteiger partial charge in [-0.25, -0.2) is 0 Å². The Morgan fingerprint density at radius 1 is 1.11 bits per heavy atom. The lowest BCUT2D eigenvalue weighted by Gasteiger charge is -2.20. The maximum Gasteiger partial charge on any atom is 0.193 e. The number of nitrogens with two attached hydrogens (primary N) is 1. The Bertz CT molecular complexity index is 746. The van der Waals surface area contributed by atoms with Crippen LogP contribution in [0.2, 0.25) is 0 Å². The highest BCUT2D eigenvalue weighted by molar-refractivity contribution is 14.0. The molecule has 0 radical (unpaired) electrons. The smallest absolute Gasteiger partial charge is 0.193 e. The van der Waals surface area contributed by atoms with Crippen LogP contribution in [0.3, 0.4) is 0 Å². The first kappa shape index (κ1) is 21.7. The van der Waals surface area contributed by atoms with Gasteiger partial charge in [0.05, 0.1) is 6.10 Å². The first-order chi connectivity index (χ1) is 12.6. The zero-order valence-corrected chi connectivity index (χ0v) is 18.2. The van der Waals surface area contributed by atoms with E-state index in [4.69, 9.17) is 5.73 Å². The van der Waals surface area contributed by atoms with Crippen LogP contribution in [0.4, 0.5) is 5.69 Å². The van der Waals surface area contributed by atoms with Gasteiger partial charge in [0.1, 0.15) is 0 Å². The molecule has 1 aliphatic rings. The molecule has 0 bridgehead atoms. The molecule has 0 saturated carbocycles. The second-order valence-electron chi connectivity index (χ2n) is 7.19. The number of nitrogens with zero attached hydrogens (tertiary/aromatic N) is 1. The Labute approximate surface area is 179 Å². The Morgan fingerprint density at radius 3 is 2.59 bits per heavy atom. The third-order valence-electron chi connectivity index (χ3n) is 5.04. The lowest BCUT2D eigenvalue weighted by atomic mass is 9.90. The van der Waals surface area contributed by atoms with Gasteiger partial charge in [0.2, 0.25) is 0 Å². The third-order valence-corrected chi connectivity index (χ3v) is 5.04. The molecular formula is C22H30IN3O. The Morgan fingerprint density at radius 2 is 1.85 bits per heavy atom. The van der Waals surface area contributed by atoms with E-state index >= 15 is 0 Å². The molecule has 0 heterocycles. The maximum atomic E-state index is 9.82. The molecule has 0 aromatic heterocycles. The molecular weight excluding hydrogens is 449 g/mol. The van der Waals surface area contributed by atoms with E-state index in [0.717, 1.165) is 18.5 Å². The molecule has 27 heavy (non-hydrogen) atoms. The van der Waals surface area contributed by atoms with Gasteiger partial charge in [-0.15, -0.1) is 24.0 Å². The summed E-state index contributed by atoms with van der Waals surface area (Å²) in [5.74, 6) is 0.594. The molecule has 0 saturated heterocycles. The van der Waals surface area contributed by atoms with Crippen molar-refractivity contribution in [3.63, 3.8) is 0 Å². The van der Waals surface area contributed by atoms with E-state index in [1.807, 2.05) is 25.1 Å². The van der Waals surface area contributed by atoms with E-state index in [1.54, 1.807) is 0 Å². The number of aliphatic imine (C=N–C) groups is 1. The predicted molar refractivity (Wildman–Crippen MR) is 124 cm³/mol. The summed E-state index contributed by atoms with van der Waals surface area (Å²) >= 11 is 0. The number of aliphatic hydroxyl groups is 1. The molecule has 0 fully saturated rings. The highest BCUT2D eigenvalue weighted by atomic mass is 127. The third kappa shape index (κ3) is 6.21. The van der Waals surface area contributed by atoms with Crippen molar-refractivity contribution in [3.8, 4) is 0 Å². The molecule has 0 amide bonds. The van der Waals surface area contributed by atoms with Crippen molar-refractivity contribution >= 4 is 35.6 Å². The lowest BCUT2D eigenvalue weighted by molar-refractivity contribution is 0.175. The summed E-state index contributed by atoms with van der Waals surface area (Å²) in [6.45, 7) is 2.38. The first-order valence-corrected chi connectivity index (χ1v) is 9.54. The molecule has 0 aliphatic heterocycles. The molecule has 146 valence electrons. The van der Waals surface area contributed by atoms with Crippen LogP contribution in [0.25, 0.3) is 0 Å². The zero-order valence-electron chi connectivity index (χ0n) is 15.9. The van der Waals surface area contributed by atoms with Crippen molar-refractivity contribution in [1.82, 2.24) is 0 Å². The fourth-order valence-electron chi connectivity index (χ4n) is 3.74. The van der Waals surface area contributed by atoms with E-state index in [1.165, 1.54) is 29.5 Å². The number of guanidine groups is 1. The largest absolute Gasteiger partial charge is 0.393 e. The van der Waals surface area contributed by atoms with E-state index in [-0.39, 0.29) is 36.0 Å². The summed E-state index contributed by atoms with van der Waals surface area (Å²) in [4.78, 5) is 4.57. The number of hydrogen-bond donors (Lipinski definition) is 3. The SMILES string of the molecule is CC(O)CC(CN=C(N)Nc1cccc2c1CCCC2)c1ccccc1.I. The highest BCUT2D eigenvalue weighted by Crippen LogP contribution is 2.28. The van der Waals surface area contributed by atoms with Crippen LogP contribution < -0.4 is 11.1 Å². The summed E-state index contributed by atoms with van der Waals surface area (Å²) < 4.78 is 0. The van der Waals surface area contributed by atoms with Gasteiger partial charge in [-0.1, -0.05) is 42.5 Å². The molecule has 2 unspecified atom stereocenters. The minimum Gasteiger partial charge on any atom is -0.393 e. The Kier molecular flexibility index (Phi) is 8.57. The van der Waals surface area contributed by atoms with Crippen molar-refractivity contribution in [3.05, 3.63) is 65.2 Å². The Balaban J connectivity index is 0.00000261. The minimum atomic E-state index is -0.370. The molecule has 5 heteroatoms. The van der Waals surface area contributed by atoms with Crippen molar-refractivity contribution in [1.29, 1.82) is 0 Å². The number of hydrogen-bond acceptors (Lipinski definition) is 2. The van der Waals surface area contributed by atoms with Crippen molar-refractivity contribution < 1.29 is 5.11 Å². The number of aryl methyl sites for hydroxylation is 1. The van der Waals surface area contributed by atoms with Crippen LogP contribution in [-0.2, 0) is 12.8 Å². The van der Waals surface area contributed by atoms with E-state index in [9.17, 15) is 5.11 Å². The van der Waals surface area contributed by atoms with Crippen LogP contribution in [0, 0.1) is 0 Å². The van der Waals surface area contributed by atoms with Crippen molar-refractivity contribution in [2.45, 2.75) is 51.0 Å². The van der Waals surface area contributed by atoms with Gasteiger partial charge in [0, 0.05) is 18.2 Å². The van der Waals surface area contributed by atoms with E-state index in [0.29, 0.717) is 18.9 Å². The van der Waals surface area contributed by atoms with Crippen LogP contribution in [0.15, 0.2) is 53.5 Å². The summed E-state index contributed by atoms with van der Waals surface area (Å²) in [5.41, 5.74) is 11.2. The molecule has 2 aromatic carbocycles. The molecule has 0 spiro atoms. The van der Waals surface area contributed by atoms with Crippen molar-refractivity contribution in [2.24, 2.45) is 10.7 Å². The molecule has 2 aromatic rings. The van der Waals surface area contributed by atoms with Crippen LogP contribution in [0.1, 0.15) is 48.8 Å². The Hall–Kier alpha value is -1.60. The second kappa shape index (κ2) is 10.7. The van der Waals surface area contributed by atoms with Gasteiger partial charge in [0.25, 0.3) is 0 Å². The number of anilines is 1. The number of fused-ring (bicyclic) bond motifs is 1. The minimum absolute atomic E-state index is 0. The second-order valence-corrected chi connectivity index (χ2v) is 7.19. The lowest BCUT2D eigenvalue weighted by Crippen LogP contribution is -2.25. The number of benzene rings is 2. The highest BCUT2D eigenvalue weighted by Gasteiger charge is 2.15. The summed E-state index contributed by atoms with van der Waals surface area (Å²) in [7, 11) is 0. The average molecular weight is 479 g/mol. The van der Waals surface area contributed by atoms with Crippen LogP contribution >= 0.6 is 24.0 Å². The molecule has 1 aliphatic carbocycles. The van der Waals surface area contributed by atoms with Gasteiger partial charge in [-0.3, -0.25) is 4.99 Å². The van der Waals surface area contributed by atoms with Gasteiger partial charge in [0.15, 0.2) is 5.96 Å². The molecule has 3 rings (SSSR count). The topological polar surface area (TPSA) is 70.6 Å². The van der Waals surface area contributed by atoms with Gasteiger partial charge in [-0.05, 0) is 61.8 Å². The van der Waals surface area contributed by atoms with E-state index in [2.05, 4.69) is 40.6 Å². The number of aliphatic hydroxyl groups excluding tert-OH is 1. The summed E-state index contributed by atoms with van der Waals surface area (Å²) in [5, 5.41) is 13.1. The van der Waals surface area contributed by atoms with Gasteiger partial charge >= 0.3 is 0 Å². The van der Waals surface area contributed by atoms with Crippen LogP contribution in [-0.4, -0.2) is 23.7 Å². The van der Waals surface area contributed by atoms with E-state index < -0.39 is 0 Å². The number of nitrogens with one attached hydrogen (secondary N) is 1. The predicted octanol–water partition coefficient (Wildman–Crippen LogP) is 4.46. The maximum absolute atomic E-state index is 9.82. The van der Waals surface area contributed by atoms with Crippen molar-refractivity contribution in [2.75, 3.05) is 11.9 Å². The summed E-state index contributed by atoms with van der Waals surface area (Å²) in [6.07, 6.45) is 5.03. The zero-order chi connectivity index (χ0) is 18.4. The monoisotopic (exact) mass is 479 g/mol. The molecule has 2 atom stereocenters. The standard InChI is InChI=1S/C22H29N3O.HI/c1-16(26)14-19(17-8-3-2-4-9-17)15-24-22(23)25-21-13-7-11-18-10-5-6-12-20(18)21;/h2-4,7-9,11,13,16,19,26H,5-6,10,12,14-15H2,1H3,(H3,23,24,25);1H. The molecule has 4 nitrogen and oxygen atoms in total. The van der Waals surface area contributed by atoms with Gasteiger partial charge < -0.3 is 16.2 Å². The molecule has 4 N–H and O–H groups in total. The van der Waals surface area contributed by atoms with Gasteiger partial charge in [-0.2, -0.15) is 0 Å². The van der Waals surface area contributed by atoms with Crippen LogP contribution in [0.5, 0.6) is 0 Å². The quantitative estimate of drug-likeness (QED) is 0.326. The fourth-order valence-corrected chi connectivity index (χ4v) is 3.74. The average Bonchev–Trinajstić information content (AvgIpc) is 2.66. The number of halogens is 1. The summed E-state index contributed by atoms with van der Waals surface area (Å²) in [6, 6.07) is 16.6. The number of rotatable bonds is 6. The first-order valence-electron chi connectivity index (χ1n) is 9.54. The normalized spacial score (nSPS) is 16.0.